The van der Waals surface area contributed by atoms with Crippen molar-refractivity contribution in [3.63, 3.8) is 0 Å². The van der Waals surface area contributed by atoms with Gasteiger partial charge in [0.2, 0.25) is 0 Å². The molecule has 0 amide bonds. The molecular weight excluding hydrogens is 342 g/mol. The molecule has 0 saturated heterocycles. The van der Waals surface area contributed by atoms with Gasteiger partial charge in [-0.3, -0.25) is 4.72 Å². The third kappa shape index (κ3) is 3.10. The number of nitrogens with two attached hydrogens (primary N) is 1. The fraction of sp³-hybridized carbons (Fsp3) is 0. The summed E-state index contributed by atoms with van der Waals surface area (Å²) < 4.78 is 27.5. The van der Waals surface area contributed by atoms with Crippen LogP contribution in [0.4, 0.5) is 11.4 Å². The Bertz CT molecular complexity index is 798. The van der Waals surface area contributed by atoms with E-state index in [1.807, 2.05) is 6.07 Å². The number of nitrogens with one attached hydrogen (secondary N) is 1. The number of benzene rings is 2. The van der Waals surface area contributed by atoms with Crippen molar-refractivity contribution in [1.29, 1.82) is 5.26 Å². The molecule has 0 fully saturated rings. The molecule has 2 aromatic rings. The first-order valence-corrected chi connectivity index (χ1v) is 7.78. The second kappa shape index (κ2) is 5.53. The average Bonchev–Trinajstić information content (AvgIpc) is 2.40. The van der Waals surface area contributed by atoms with Crippen molar-refractivity contribution >= 4 is 37.3 Å². The van der Waals surface area contributed by atoms with Crippen LogP contribution in [-0.4, -0.2) is 8.42 Å². The highest BCUT2D eigenvalue weighted by molar-refractivity contribution is 9.10. The number of nitriles is 1. The first-order valence-electron chi connectivity index (χ1n) is 5.50. The molecule has 0 unspecified atom stereocenters. The monoisotopic (exact) mass is 351 g/mol. The van der Waals surface area contributed by atoms with E-state index in [0.29, 0.717) is 10.2 Å². The Morgan fingerprint density at radius 2 is 1.95 bits per heavy atom. The first-order chi connectivity index (χ1) is 9.42. The molecule has 102 valence electrons. The van der Waals surface area contributed by atoms with E-state index in [2.05, 4.69) is 20.7 Å². The van der Waals surface area contributed by atoms with Crippen molar-refractivity contribution in [1.82, 2.24) is 0 Å². The van der Waals surface area contributed by atoms with Crippen LogP contribution in [0.15, 0.2) is 51.8 Å². The zero-order valence-corrected chi connectivity index (χ0v) is 12.6. The molecule has 2 aromatic carbocycles. The molecule has 20 heavy (non-hydrogen) atoms. The highest BCUT2D eigenvalue weighted by Crippen LogP contribution is 2.23. The van der Waals surface area contributed by atoms with Crippen molar-refractivity contribution in [2.24, 2.45) is 0 Å². The van der Waals surface area contributed by atoms with Crippen LogP contribution >= 0.6 is 15.9 Å². The van der Waals surface area contributed by atoms with E-state index in [1.165, 1.54) is 30.3 Å². The minimum absolute atomic E-state index is 0.104. The highest BCUT2D eigenvalue weighted by atomic mass is 79.9. The molecule has 0 heterocycles. The number of sulfonamides is 1. The van der Waals surface area contributed by atoms with Gasteiger partial charge in [0, 0.05) is 10.2 Å². The van der Waals surface area contributed by atoms with Gasteiger partial charge in [0.15, 0.2) is 0 Å². The van der Waals surface area contributed by atoms with E-state index in [4.69, 9.17) is 11.0 Å². The van der Waals surface area contributed by atoms with Crippen LogP contribution in [0.25, 0.3) is 0 Å². The van der Waals surface area contributed by atoms with Gasteiger partial charge >= 0.3 is 0 Å². The van der Waals surface area contributed by atoms with Crippen LogP contribution in [0.2, 0.25) is 0 Å². The normalized spacial score (nSPS) is 10.8. The zero-order valence-electron chi connectivity index (χ0n) is 10.2. The summed E-state index contributed by atoms with van der Waals surface area (Å²) in [5.74, 6) is 0. The van der Waals surface area contributed by atoms with E-state index >= 15 is 0 Å². The molecular formula is C13H10BrN3O2S. The molecule has 5 nitrogen and oxygen atoms in total. The fourth-order valence-corrected chi connectivity index (χ4v) is 3.26. The summed E-state index contributed by atoms with van der Waals surface area (Å²) in [5.41, 5.74) is 6.32. The quantitative estimate of drug-likeness (QED) is 0.830. The van der Waals surface area contributed by atoms with E-state index in [9.17, 15) is 8.42 Å². The summed E-state index contributed by atoms with van der Waals surface area (Å²) in [6.45, 7) is 0. The van der Waals surface area contributed by atoms with E-state index < -0.39 is 10.0 Å². The molecule has 0 saturated carbocycles. The topological polar surface area (TPSA) is 96.0 Å². The summed E-state index contributed by atoms with van der Waals surface area (Å²) >= 11 is 3.22. The van der Waals surface area contributed by atoms with Crippen LogP contribution < -0.4 is 10.5 Å². The molecule has 2 rings (SSSR count). The van der Waals surface area contributed by atoms with Gasteiger partial charge in [-0.2, -0.15) is 5.26 Å². The second-order valence-electron chi connectivity index (χ2n) is 3.98. The lowest BCUT2D eigenvalue weighted by molar-refractivity contribution is 0.601. The lowest BCUT2D eigenvalue weighted by Crippen LogP contribution is -2.14. The number of hydrogen-bond donors (Lipinski definition) is 2. The van der Waals surface area contributed by atoms with Crippen LogP contribution in [0.3, 0.4) is 0 Å². The maximum absolute atomic E-state index is 12.2. The van der Waals surface area contributed by atoms with Crippen LogP contribution in [0.5, 0.6) is 0 Å². The zero-order chi connectivity index (χ0) is 14.8. The number of nitrogens with zero attached hydrogens (tertiary/aromatic N) is 1. The number of rotatable bonds is 3. The molecule has 0 radical (unpaired) electrons. The number of anilines is 2. The number of halogens is 1. The molecule has 7 heteroatoms. The van der Waals surface area contributed by atoms with E-state index in [1.54, 1.807) is 12.1 Å². The Morgan fingerprint density at radius 1 is 1.20 bits per heavy atom. The van der Waals surface area contributed by atoms with Crippen molar-refractivity contribution in [3.05, 3.63) is 52.5 Å². The van der Waals surface area contributed by atoms with Gasteiger partial charge in [0.25, 0.3) is 10.0 Å². The van der Waals surface area contributed by atoms with Crippen molar-refractivity contribution < 1.29 is 8.42 Å². The minimum Gasteiger partial charge on any atom is -0.399 e. The van der Waals surface area contributed by atoms with Gasteiger partial charge in [-0.1, -0.05) is 22.0 Å². The third-order valence-electron chi connectivity index (χ3n) is 2.51. The second-order valence-corrected chi connectivity index (χ2v) is 6.58. The largest absolute Gasteiger partial charge is 0.399 e. The smallest absolute Gasteiger partial charge is 0.261 e. The molecule has 0 atom stereocenters. The highest BCUT2D eigenvalue weighted by Gasteiger charge is 2.16. The van der Waals surface area contributed by atoms with Crippen LogP contribution in [0.1, 0.15) is 5.56 Å². The van der Waals surface area contributed by atoms with Gasteiger partial charge in [-0.05, 0) is 36.4 Å². The molecule has 0 aliphatic heterocycles. The van der Waals surface area contributed by atoms with Crippen molar-refractivity contribution in [3.8, 4) is 6.07 Å². The molecule has 0 aliphatic carbocycles. The SMILES string of the molecule is N#Cc1cc(N)ccc1NS(=O)(=O)c1cccc(Br)c1. The van der Waals surface area contributed by atoms with Crippen molar-refractivity contribution in [2.75, 3.05) is 10.5 Å². The Labute approximate surface area is 125 Å². The fourth-order valence-electron chi connectivity index (χ4n) is 1.58. The molecule has 0 aromatic heterocycles. The summed E-state index contributed by atoms with van der Waals surface area (Å²) in [4.78, 5) is 0.104. The molecule has 0 aliphatic rings. The molecule has 0 spiro atoms. The van der Waals surface area contributed by atoms with Gasteiger partial charge in [-0.15, -0.1) is 0 Å². The maximum Gasteiger partial charge on any atom is 0.261 e. The van der Waals surface area contributed by atoms with Crippen LogP contribution in [-0.2, 0) is 10.0 Å². The predicted molar refractivity (Wildman–Crippen MR) is 80.5 cm³/mol. The van der Waals surface area contributed by atoms with Gasteiger partial charge in [-0.25, -0.2) is 8.42 Å². The molecule has 0 bridgehead atoms. The maximum atomic E-state index is 12.2. The average molecular weight is 352 g/mol. The van der Waals surface area contributed by atoms with Gasteiger partial charge in [0.1, 0.15) is 6.07 Å². The lowest BCUT2D eigenvalue weighted by Gasteiger charge is -2.10. The molecule has 3 N–H and O–H groups in total. The van der Waals surface area contributed by atoms with E-state index in [-0.39, 0.29) is 16.1 Å². The minimum atomic E-state index is -3.75. The summed E-state index contributed by atoms with van der Waals surface area (Å²) in [6.07, 6.45) is 0. The Kier molecular flexibility index (Phi) is 3.97. The first kappa shape index (κ1) is 14.4. The van der Waals surface area contributed by atoms with E-state index in [0.717, 1.165) is 0 Å². The third-order valence-corrected chi connectivity index (χ3v) is 4.37. The summed E-state index contributed by atoms with van der Waals surface area (Å²) in [5, 5.41) is 9.01. The standard InChI is InChI=1S/C13H10BrN3O2S/c14-10-2-1-3-12(7-10)20(18,19)17-13-5-4-11(16)6-9(13)8-15/h1-7,17H,16H2. The Morgan fingerprint density at radius 3 is 2.60 bits per heavy atom. The van der Waals surface area contributed by atoms with Gasteiger partial charge < -0.3 is 5.73 Å². The summed E-state index contributed by atoms with van der Waals surface area (Å²) in [6, 6.07) is 12.6. The number of hydrogen-bond acceptors (Lipinski definition) is 4. The lowest BCUT2D eigenvalue weighted by atomic mass is 10.2. The van der Waals surface area contributed by atoms with Crippen molar-refractivity contribution in [2.45, 2.75) is 4.90 Å². The van der Waals surface area contributed by atoms with Gasteiger partial charge in [0.05, 0.1) is 16.1 Å². The van der Waals surface area contributed by atoms with Crippen LogP contribution in [0, 0.1) is 11.3 Å². The predicted octanol–water partition coefficient (Wildman–Crippen LogP) is 2.70. The summed E-state index contributed by atoms with van der Waals surface area (Å²) in [7, 11) is -3.75. The number of nitrogen functional groups attached to an aromatic ring is 1. The Balaban J connectivity index is 2.42. The Hall–Kier alpha value is -2.04.